The second-order valence-corrected chi connectivity index (χ2v) is 6.48. The summed E-state index contributed by atoms with van der Waals surface area (Å²) >= 11 is 0. The SMILES string of the molecule is CCCNC1CCCc2cn(CC3CCC(C)O3)cc21. The lowest BCUT2D eigenvalue weighted by Crippen LogP contribution is -2.25. The van der Waals surface area contributed by atoms with Crippen molar-refractivity contribution in [1.29, 1.82) is 0 Å². The van der Waals surface area contributed by atoms with Crippen LogP contribution in [0.25, 0.3) is 0 Å². The van der Waals surface area contributed by atoms with E-state index in [9.17, 15) is 0 Å². The van der Waals surface area contributed by atoms with E-state index in [2.05, 4.69) is 36.1 Å². The van der Waals surface area contributed by atoms with Crippen molar-refractivity contribution in [3.63, 3.8) is 0 Å². The second-order valence-electron chi connectivity index (χ2n) is 6.48. The fraction of sp³-hybridized carbons (Fsp3) is 0.765. The van der Waals surface area contributed by atoms with Crippen LogP contribution in [0.1, 0.15) is 63.1 Å². The highest BCUT2D eigenvalue weighted by molar-refractivity contribution is 5.30. The Bertz CT molecular complexity index is 440. The van der Waals surface area contributed by atoms with Crippen LogP contribution in [-0.4, -0.2) is 23.3 Å². The summed E-state index contributed by atoms with van der Waals surface area (Å²) in [7, 11) is 0. The number of ether oxygens (including phenoxy) is 1. The molecule has 0 saturated carbocycles. The number of hydrogen-bond acceptors (Lipinski definition) is 2. The van der Waals surface area contributed by atoms with Gasteiger partial charge in [-0.3, -0.25) is 0 Å². The summed E-state index contributed by atoms with van der Waals surface area (Å²) in [4.78, 5) is 0. The van der Waals surface area contributed by atoms with E-state index >= 15 is 0 Å². The molecule has 3 heteroatoms. The van der Waals surface area contributed by atoms with E-state index in [0.717, 1.165) is 13.1 Å². The zero-order valence-corrected chi connectivity index (χ0v) is 12.9. The Morgan fingerprint density at radius 1 is 1.30 bits per heavy atom. The maximum atomic E-state index is 5.95. The molecule has 112 valence electrons. The monoisotopic (exact) mass is 276 g/mol. The zero-order chi connectivity index (χ0) is 13.9. The minimum absolute atomic E-state index is 0.418. The number of aryl methyl sites for hydroxylation is 1. The molecule has 3 atom stereocenters. The van der Waals surface area contributed by atoms with Gasteiger partial charge in [-0.15, -0.1) is 0 Å². The van der Waals surface area contributed by atoms with E-state index < -0.39 is 0 Å². The van der Waals surface area contributed by atoms with Crippen LogP contribution < -0.4 is 5.32 Å². The fourth-order valence-electron chi connectivity index (χ4n) is 3.64. The first-order chi connectivity index (χ1) is 9.76. The average Bonchev–Trinajstić information content (AvgIpc) is 3.02. The molecule has 0 aromatic carbocycles. The molecule has 0 spiro atoms. The maximum absolute atomic E-state index is 5.95. The molecular weight excluding hydrogens is 248 g/mol. The van der Waals surface area contributed by atoms with Crippen molar-refractivity contribution in [2.45, 2.75) is 77.2 Å². The van der Waals surface area contributed by atoms with Crippen molar-refractivity contribution in [1.82, 2.24) is 9.88 Å². The standard InChI is InChI=1S/C17H28N2O/c1-3-9-18-17-6-4-5-14-10-19(12-16(14)17)11-15-8-7-13(2)20-15/h10,12-13,15,17-18H,3-9,11H2,1-2H3. The molecular formula is C17H28N2O. The molecule has 3 unspecified atom stereocenters. The van der Waals surface area contributed by atoms with Gasteiger partial charge in [0, 0.05) is 25.0 Å². The summed E-state index contributed by atoms with van der Waals surface area (Å²) in [6, 6.07) is 0.573. The summed E-state index contributed by atoms with van der Waals surface area (Å²) in [6.07, 6.45) is 13.1. The fourth-order valence-corrected chi connectivity index (χ4v) is 3.64. The van der Waals surface area contributed by atoms with Crippen LogP contribution in [0.5, 0.6) is 0 Å². The summed E-state index contributed by atoms with van der Waals surface area (Å²) in [5.74, 6) is 0. The minimum Gasteiger partial charge on any atom is -0.373 e. The van der Waals surface area contributed by atoms with Crippen molar-refractivity contribution in [3.05, 3.63) is 23.5 Å². The van der Waals surface area contributed by atoms with Gasteiger partial charge in [-0.05, 0) is 63.1 Å². The zero-order valence-electron chi connectivity index (χ0n) is 12.9. The van der Waals surface area contributed by atoms with Gasteiger partial charge in [-0.1, -0.05) is 6.92 Å². The number of nitrogens with one attached hydrogen (secondary N) is 1. The normalized spacial score (nSPS) is 29.6. The molecule has 2 aliphatic rings. The Morgan fingerprint density at radius 3 is 2.95 bits per heavy atom. The molecule has 1 N–H and O–H groups in total. The molecule has 1 fully saturated rings. The van der Waals surface area contributed by atoms with E-state index in [4.69, 9.17) is 4.74 Å². The van der Waals surface area contributed by atoms with Crippen LogP contribution in [0.2, 0.25) is 0 Å². The van der Waals surface area contributed by atoms with Crippen molar-refractivity contribution in [2.24, 2.45) is 0 Å². The van der Waals surface area contributed by atoms with Gasteiger partial charge in [0.25, 0.3) is 0 Å². The molecule has 1 saturated heterocycles. The van der Waals surface area contributed by atoms with Crippen LogP contribution in [0.4, 0.5) is 0 Å². The average molecular weight is 276 g/mol. The third-order valence-corrected chi connectivity index (χ3v) is 4.69. The van der Waals surface area contributed by atoms with Crippen molar-refractivity contribution in [2.75, 3.05) is 6.54 Å². The topological polar surface area (TPSA) is 26.2 Å². The lowest BCUT2D eigenvalue weighted by molar-refractivity contribution is 0.0458. The first-order valence-corrected chi connectivity index (χ1v) is 8.33. The van der Waals surface area contributed by atoms with Crippen molar-refractivity contribution in [3.8, 4) is 0 Å². The smallest absolute Gasteiger partial charge is 0.0758 e. The molecule has 20 heavy (non-hydrogen) atoms. The summed E-state index contributed by atoms with van der Waals surface area (Å²) in [5.41, 5.74) is 3.09. The van der Waals surface area contributed by atoms with Gasteiger partial charge in [0.05, 0.1) is 12.2 Å². The van der Waals surface area contributed by atoms with Gasteiger partial charge < -0.3 is 14.6 Å². The highest BCUT2D eigenvalue weighted by atomic mass is 16.5. The van der Waals surface area contributed by atoms with Crippen molar-refractivity contribution < 1.29 is 4.74 Å². The first-order valence-electron chi connectivity index (χ1n) is 8.33. The number of hydrogen-bond donors (Lipinski definition) is 1. The van der Waals surface area contributed by atoms with Crippen LogP contribution >= 0.6 is 0 Å². The Morgan fingerprint density at radius 2 is 2.20 bits per heavy atom. The van der Waals surface area contributed by atoms with Crippen LogP contribution in [0, 0.1) is 0 Å². The van der Waals surface area contributed by atoms with Crippen LogP contribution in [0.3, 0.4) is 0 Å². The van der Waals surface area contributed by atoms with E-state index in [1.54, 1.807) is 5.56 Å². The van der Waals surface area contributed by atoms with E-state index in [0.29, 0.717) is 18.2 Å². The number of rotatable bonds is 5. The number of aromatic nitrogens is 1. The van der Waals surface area contributed by atoms with Gasteiger partial charge in [0.2, 0.25) is 0 Å². The van der Waals surface area contributed by atoms with Crippen LogP contribution in [-0.2, 0) is 17.7 Å². The Balaban J connectivity index is 1.67. The minimum atomic E-state index is 0.418. The van der Waals surface area contributed by atoms with Crippen LogP contribution in [0.15, 0.2) is 12.4 Å². The molecule has 1 aromatic heterocycles. The molecule has 0 radical (unpaired) electrons. The van der Waals surface area contributed by atoms with E-state index in [-0.39, 0.29) is 0 Å². The second kappa shape index (κ2) is 6.31. The molecule has 1 aliphatic carbocycles. The highest BCUT2D eigenvalue weighted by Gasteiger charge is 2.25. The highest BCUT2D eigenvalue weighted by Crippen LogP contribution is 2.31. The third-order valence-electron chi connectivity index (χ3n) is 4.69. The van der Waals surface area contributed by atoms with E-state index in [1.165, 1.54) is 44.1 Å². The lowest BCUT2D eigenvalue weighted by Gasteiger charge is -2.23. The largest absolute Gasteiger partial charge is 0.373 e. The Hall–Kier alpha value is -0.800. The summed E-state index contributed by atoms with van der Waals surface area (Å²) in [5, 5.41) is 3.70. The molecule has 3 rings (SSSR count). The molecule has 3 nitrogen and oxygen atoms in total. The quantitative estimate of drug-likeness (QED) is 0.891. The third kappa shape index (κ3) is 3.09. The molecule has 1 aliphatic heterocycles. The van der Waals surface area contributed by atoms with Gasteiger partial charge in [0.1, 0.15) is 0 Å². The van der Waals surface area contributed by atoms with Gasteiger partial charge in [0.15, 0.2) is 0 Å². The number of nitrogens with zero attached hydrogens (tertiary/aromatic N) is 1. The predicted molar refractivity (Wildman–Crippen MR) is 82.0 cm³/mol. The molecule has 0 bridgehead atoms. The van der Waals surface area contributed by atoms with Gasteiger partial charge >= 0.3 is 0 Å². The van der Waals surface area contributed by atoms with Gasteiger partial charge in [-0.2, -0.15) is 0 Å². The van der Waals surface area contributed by atoms with Gasteiger partial charge in [-0.25, -0.2) is 0 Å². The Labute approximate surface area is 122 Å². The molecule has 0 amide bonds. The summed E-state index contributed by atoms with van der Waals surface area (Å²) in [6.45, 7) is 6.57. The van der Waals surface area contributed by atoms with E-state index in [1.807, 2.05) is 0 Å². The maximum Gasteiger partial charge on any atom is 0.0758 e. The molecule has 2 heterocycles. The lowest BCUT2D eigenvalue weighted by atomic mass is 9.91. The Kier molecular flexibility index (Phi) is 4.47. The summed E-state index contributed by atoms with van der Waals surface area (Å²) < 4.78 is 8.33. The van der Waals surface area contributed by atoms with Crippen molar-refractivity contribution >= 4 is 0 Å². The first kappa shape index (κ1) is 14.2. The number of fused-ring (bicyclic) bond motifs is 1. The predicted octanol–water partition coefficient (Wildman–Crippen LogP) is 3.43. The molecule has 1 aromatic rings.